The highest BCUT2D eigenvalue weighted by molar-refractivity contribution is 5.78. The molecule has 8 heavy (non-hydrogen) atoms. The quantitative estimate of drug-likeness (QED) is 0.446. The first kappa shape index (κ1) is 5.15. The van der Waals surface area contributed by atoms with Gasteiger partial charge in [-0.2, -0.15) is 0 Å². The molecular weight excluding hydrogens is 104 g/mol. The van der Waals surface area contributed by atoms with Crippen molar-refractivity contribution in [2.75, 3.05) is 6.54 Å². The highest BCUT2D eigenvalue weighted by Crippen LogP contribution is 1.88. The van der Waals surface area contributed by atoms with Gasteiger partial charge in [0.1, 0.15) is 0 Å². The van der Waals surface area contributed by atoms with Gasteiger partial charge in [0.15, 0.2) is 0 Å². The van der Waals surface area contributed by atoms with Crippen LogP contribution in [0, 0.1) is 0 Å². The number of carbonyl (C=O) groups is 1. The fraction of sp³-hybridized carbons (Fsp3) is 0.400. The molecule has 0 saturated carbocycles. The van der Waals surface area contributed by atoms with Gasteiger partial charge in [-0.05, 0) is 0 Å². The highest BCUT2D eigenvalue weighted by Gasteiger charge is 2.07. The van der Waals surface area contributed by atoms with Crippen LogP contribution in [0.15, 0.2) is 12.4 Å². The van der Waals surface area contributed by atoms with Crippen LogP contribution in [0.1, 0.15) is 6.42 Å². The lowest BCUT2D eigenvalue weighted by atomic mass is 10.3. The zero-order valence-electron chi connectivity index (χ0n) is 4.53. The Morgan fingerprint density at radius 3 is 2.75 bits per heavy atom. The molecular formula is C5H8N2O. The molecule has 0 spiro atoms. The molecule has 3 nitrogen and oxygen atoms in total. The summed E-state index contributed by atoms with van der Waals surface area (Å²) in [6.07, 6.45) is 0.555. The van der Waals surface area contributed by atoms with E-state index >= 15 is 0 Å². The van der Waals surface area contributed by atoms with Crippen molar-refractivity contribution in [3.05, 3.63) is 12.4 Å². The fourth-order valence-corrected chi connectivity index (χ4v) is 0.602. The Bertz CT molecular complexity index is 116. The molecule has 0 bridgehead atoms. The Morgan fingerprint density at radius 2 is 2.38 bits per heavy atom. The SMILES string of the molecule is C=C1NCCC(=O)N1. The van der Waals surface area contributed by atoms with Crippen LogP contribution in [-0.2, 0) is 4.79 Å². The number of hydrogen-bond donors (Lipinski definition) is 2. The molecule has 1 amide bonds. The average molecular weight is 112 g/mol. The second-order valence-electron chi connectivity index (χ2n) is 1.70. The highest BCUT2D eigenvalue weighted by atomic mass is 16.1. The monoisotopic (exact) mass is 112 g/mol. The van der Waals surface area contributed by atoms with Crippen LogP contribution < -0.4 is 10.6 Å². The van der Waals surface area contributed by atoms with E-state index in [4.69, 9.17) is 0 Å². The van der Waals surface area contributed by atoms with Gasteiger partial charge >= 0.3 is 0 Å². The maximum Gasteiger partial charge on any atom is 0.227 e. The van der Waals surface area contributed by atoms with Crippen LogP contribution in [0.25, 0.3) is 0 Å². The minimum Gasteiger partial charge on any atom is -0.372 e. The number of amides is 1. The second kappa shape index (κ2) is 1.86. The van der Waals surface area contributed by atoms with Gasteiger partial charge in [0.25, 0.3) is 0 Å². The first-order chi connectivity index (χ1) is 3.79. The van der Waals surface area contributed by atoms with Crippen LogP contribution >= 0.6 is 0 Å². The molecule has 0 atom stereocenters. The summed E-state index contributed by atoms with van der Waals surface area (Å²) in [4.78, 5) is 10.5. The van der Waals surface area contributed by atoms with E-state index in [1.807, 2.05) is 0 Å². The van der Waals surface area contributed by atoms with Crippen LogP contribution in [0.3, 0.4) is 0 Å². The average Bonchev–Trinajstić information content (AvgIpc) is 1.64. The maximum atomic E-state index is 10.5. The van der Waals surface area contributed by atoms with Gasteiger partial charge in [-0.1, -0.05) is 6.58 Å². The van der Waals surface area contributed by atoms with Crippen molar-refractivity contribution in [2.24, 2.45) is 0 Å². The Morgan fingerprint density at radius 1 is 1.62 bits per heavy atom. The Kier molecular flexibility index (Phi) is 1.20. The van der Waals surface area contributed by atoms with Crippen molar-refractivity contribution in [2.45, 2.75) is 6.42 Å². The molecule has 0 aliphatic carbocycles. The predicted molar refractivity (Wildman–Crippen MR) is 29.9 cm³/mol. The molecule has 1 aliphatic heterocycles. The summed E-state index contributed by atoms with van der Waals surface area (Å²) in [5.74, 6) is 0.662. The van der Waals surface area contributed by atoms with Crippen LogP contribution in [0.2, 0.25) is 0 Å². The van der Waals surface area contributed by atoms with E-state index in [9.17, 15) is 4.79 Å². The van der Waals surface area contributed by atoms with Crippen molar-refractivity contribution in [3.63, 3.8) is 0 Å². The molecule has 1 heterocycles. The maximum absolute atomic E-state index is 10.5. The Hall–Kier alpha value is -0.990. The van der Waals surface area contributed by atoms with Gasteiger partial charge < -0.3 is 10.6 Å². The third-order valence-electron chi connectivity index (χ3n) is 0.981. The van der Waals surface area contributed by atoms with E-state index in [0.717, 1.165) is 0 Å². The lowest BCUT2D eigenvalue weighted by Gasteiger charge is -2.15. The van der Waals surface area contributed by atoms with Crippen molar-refractivity contribution >= 4 is 5.91 Å². The first-order valence-corrected chi connectivity index (χ1v) is 2.51. The third-order valence-corrected chi connectivity index (χ3v) is 0.981. The second-order valence-corrected chi connectivity index (χ2v) is 1.70. The lowest BCUT2D eigenvalue weighted by molar-refractivity contribution is -0.121. The summed E-state index contributed by atoms with van der Waals surface area (Å²) in [7, 11) is 0. The summed E-state index contributed by atoms with van der Waals surface area (Å²) < 4.78 is 0. The molecule has 0 aromatic heterocycles. The minimum absolute atomic E-state index is 0.0498. The van der Waals surface area contributed by atoms with Crippen molar-refractivity contribution in [1.82, 2.24) is 10.6 Å². The van der Waals surface area contributed by atoms with Gasteiger partial charge in [-0.3, -0.25) is 4.79 Å². The molecule has 3 heteroatoms. The third kappa shape index (κ3) is 0.992. The Balaban J connectivity index is 2.45. The molecule has 44 valence electrons. The summed E-state index contributed by atoms with van der Waals surface area (Å²) in [5, 5.41) is 5.42. The molecule has 0 radical (unpaired) electrons. The summed E-state index contributed by atoms with van der Waals surface area (Å²) in [6.45, 7) is 4.23. The number of hydrogen-bond acceptors (Lipinski definition) is 2. The van der Waals surface area contributed by atoms with E-state index in [1.165, 1.54) is 0 Å². The van der Waals surface area contributed by atoms with E-state index in [-0.39, 0.29) is 5.91 Å². The summed E-state index contributed by atoms with van der Waals surface area (Å²) in [6, 6.07) is 0. The lowest BCUT2D eigenvalue weighted by Crippen LogP contribution is -2.38. The van der Waals surface area contributed by atoms with Crippen LogP contribution in [0.4, 0.5) is 0 Å². The van der Waals surface area contributed by atoms with Crippen LogP contribution in [0.5, 0.6) is 0 Å². The largest absolute Gasteiger partial charge is 0.372 e. The van der Waals surface area contributed by atoms with E-state index < -0.39 is 0 Å². The summed E-state index contributed by atoms with van der Waals surface area (Å²) in [5.41, 5.74) is 0. The van der Waals surface area contributed by atoms with Gasteiger partial charge in [-0.25, -0.2) is 0 Å². The van der Waals surface area contributed by atoms with Crippen LogP contribution in [-0.4, -0.2) is 12.5 Å². The van der Waals surface area contributed by atoms with Crippen molar-refractivity contribution in [1.29, 1.82) is 0 Å². The van der Waals surface area contributed by atoms with Gasteiger partial charge in [0.2, 0.25) is 5.91 Å². The zero-order valence-corrected chi connectivity index (χ0v) is 4.53. The minimum atomic E-state index is 0.0498. The molecule has 0 aromatic carbocycles. The van der Waals surface area contributed by atoms with Gasteiger partial charge in [0.05, 0.1) is 5.82 Å². The van der Waals surface area contributed by atoms with E-state index in [0.29, 0.717) is 18.8 Å². The van der Waals surface area contributed by atoms with Gasteiger partial charge in [-0.15, -0.1) is 0 Å². The Labute approximate surface area is 47.8 Å². The molecule has 2 N–H and O–H groups in total. The topological polar surface area (TPSA) is 41.1 Å². The fourth-order valence-electron chi connectivity index (χ4n) is 0.602. The molecule has 1 aliphatic rings. The van der Waals surface area contributed by atoms with E-state index in [2.05, 4.69) is 17.2 Å². The van der Waals surface area contributed by atoms with Crippen molar-refractivity contribution in [3.8, 4) is 0 Å². The molecule has 1 saturated heterocycles. The molecule has 1 fully saturated rings. The molecule has 1 rings (SSSR count). The first-order valence-electron chi connectivity index (χ1n) is 2.51. The number of carbonyl (C=O) groups excluding carboxylic acids is 1. The summed E-state index contributed by atoms with van der Waals surface area (Å²) >= 11 is 0. The van der Waals surface area contributed by atoms with E-state index in [1.54, 1.807) is 0 Å². The number of rotatable bonds is 0. The van der Waals surface area contributed by atoms with Crippen molar-refractivity contribution < 1.29 is 4.79 Å². The predicted octanol–water partition coefficient (Wildman–Crippen LogP) is -0.433. The smallest absolute Gasteiger partial charge is 0.227 e. The molecule has 0 unspecified atom stereocenters. The van der Waals surface area contributed by atoms with Gasteiger partial charge in [0, 0.05) is 13.0 Å². The zero-order chi connectivity index (χ0) is 5.98. The standard InChI is InChI=1S/C5H8N2O/c1-4-6-3-2-5(8)7-4/h6H,1-3H2,(H,7,8). The molecule has 0 aromatic rings. The number of nitrogens with one attached hydrogen (secondary N) is 2. The normalized spacial score (nSPS) is 19.5.